The van der Waals surface area contributed by atoms with Gasteiger partial charge in [0.2, 0.25) is 0 Å². The van der Waals surface area contributed by atoms with Crippen molar-refractivity contribution in [1.29, 1.82) is 0 Å². The zero-order chi connectivity index (χ0) is 24.6. The van der Waals surface area contributed by atoms with Crippen LogP contribution in [0.1, 0.15) is 18.9 Å². The number of nitrogens with one attached hydrogen (secondary N) is 1. The first kappa shape index (κ1) is 24.7. The Labute approximate surface area is 199 Å². The topological polar surface area (TPSA) is 110 Å². The number of amides is 1. The average molecular weight is 483 g/mol. The number of ether oxygens (including phenoxy) is 2. The number of rotatable bonds is 10. The van der Waals surface area contributed by atoms with Crippen molar-refractivity contribution in [3.63, 3.8) is 0 Å². The second-order valence-electron chi connectivity index (χ2n) is 7.03. The van der Waals surface area contributed by atoms with E-state index >= 15 is 0 Å². The van der Waals surface area contributed by atoms with Crippen LogP contribution in [-0.2, 0) is 14.8 Å². The molecule has 0 aliphatic heterocycles. The lowest BCUT2D eigenvalue weighted by atomic mass is 10.1. The van der Waals surface area contributed by atoms with E-state index in [1.54, 1.807) is 55.6 Å². The third-order valence-electron chi connectivity index (χ3n) is 4.89. The molecule has 34 heavy (non-hydrogen) atoms. The van der Waals surface area contributed by atoms with E-state index in [4.69, 9.17) is 9.47 Å². The molecular weight excluding hydrogens is 456 g/mol. The van der Waals surface area contributed by atoms with Crippen molar-refractivity contribution < 1.29 is 22.7 Å². The SMILES string of the molecule is CC/C(=N/NC(=O)CN(c1ccccn1)S(=O)(=O)c1ccccc1)c1ccc(OC)c(OC)c1. The van der Waals surface area contributed by atoms with Gasteiger partial charge in [-0.2, -0.15) is 5.10 Å². The van der Waals surface area contributed by atoms with Gasteiger partial charge in [0, 0.05) is 11.8 Å². The highest BCUT2D eigenvalue weighted by Crippen LogP contribution is 2.28. The van der Waals surface area contributed by atoms with Crippen LogP contribution in [0.4, 0.5) is 5.82 Å². The van der Waals surface area contributed by atoms with Crippen molar-refractivity contribution in [2.24, 2.45) is 5.10 Å². The van der Waals surface area contributed by atoms with Crippen LogP contribution < -0.4 is 19.2 Å². The van der Waals surface area contributed by atoms with E-state index in [0.717, 1.165) is 9.87 Å². The third-order valence-corrected chi connectivity index (χ3v) is 6.65. The molecule has 0 unspecified atom stereocenters. The number of benzene rings is 2. The Morgan fingerprint density at radius 2 is 1.71 bits per heavy atom. The summed E-state index contributed by atoms with van der Waals surface area (Å²) < 4.78 is 38.1. The van der Waals surface area contributed by atoms with Crippen molar-refractivity contribution in [3.8, 4) is 11.5 Å². The molecule has 0 saturated heterocycles. The summed E-state index contributed by atoms with van der Waals surface area (Å²) in [4.78, 5) is 17.0. The van der Waals surface area contributed by atoms with Gasteiger partial charge in [0.1, 0.15) is 12.4 Å². The van der Waals surface area contributed by atoms with Crippen LogP contribution in [0.2, 0.25) is 0 Å². The highest BCUT2D eigenvalue weighted by Gasteiger charge is 2.28. The fraction of sp³-hybridized carbons (Fsp3) is 0.208. The standard InChI is InChI=1S/C24H26N4O5S/c1-4-20(18-13-14-21(32-2)22(16-18)33-3)26-27-24(29)17-28(23-12-8-9-15-25-23)34(30,31)19-10-6-5-7-11-19/h5-16H,4,17H2,1-3H3,(H,27,29)/b26-20-. The number of hydrogen-bond donors (Lipinski definition) is 1. The van der Waals surface area contributed by atoms with Crippen LogP contribution >= 0.6 is 0 Å². The van der Waals surface area contributed by atoms with Crippen molar-refractivity contribution in [1.82, 2.24) is 10.4 Å². The zero-order valence-electron chi connectivity index (χ0n) is 19.1. The summed E-state index contributed by atoms with van der Waals surface area (Å²) in [5.41, 5.74) is 3.79. The van der Waals surface area contributed by atoms with E-state index in [9.17, 15) is 13.2 Å². The maximum atomic E-state index is 13.3. The number of carbonyl (C=O) groups is 1. The zero-order valence-corrected chi connectivity index (χ0v) is 20.0. The average Bonchev–Trinajstić information content (AvgIpc) is 2.88. The smallest absolute Gasteiger partial charge is 0.265 e. The maximum Gasteiger partial charge on any atom is 0.265 e. The fourth-order valence-corrected chi connectivity index (χ4v) is 4.57. The monoisotopic (exact) mass is 482 g/mol. The lowest BCUT2D eigenvalue weighted by Crippen LogP contribution is -2.40. The molecule has 3 rings (SSSR count). The van der Waals surface area contributed by atoms with E-state index < -0.39 is 22.5 Å². The number of nitrogens with zero attached hydrogens (tertiary/aromatic N) is 3. The van der Waals surface area contributed by atoms with E-state index in [2.05, 4.69) is 15.5 Å². The summed E-state index contributed by atoms with van der Waals surface area (Å²) in [5, 5.41) is 4.22. The predicted octanol–water partition coefficient (Wildman–Crippen LogP) is 3.22. The van der Waals surface area contributed by atoms with Gasteiger partial charge in [-0.1, -0.05) is 31.2 Å². The number of carbonyl (C=O) groups excluding carboxylic acids is 1. The number of aromatic nitrogens is 1. The molecule has 0 aliphatic carbocycles. The number of hydrogen-bond acceptors (Lipinski definition) is 7. The summed E-state index contributed by atoms with van der Waals surface area (Å²) in [6.45, 7) is 1.39. The number of anilines is 1. The Morgan fingerprint density at radius 1 is 1.00 bits per heavy atom. The highest BCUT2D eigenvalue weighted by molar-refractivity contribution is 7.92. The van der Waals surface area contributed by atoms with Crippen LogP contribution in [0.5, 0.6) is 11.5 Å². The molecule has 0 aliphatic rings. The molecule has 2 aromatic carbocycles. The van der Waals surface area contributed by atoms with Crippen molar-refractivity contribution >= 4 is 27.5 Å². The Bertz CT molecular complexity index is 1250. The Balaban J connectivity index is 1.85. The molecule has 1 heterocycles. The molecule has 3 aromatic rings. The lowest BCUT2D eigenvalue weighted by Gasteiger charge is -2.22. The second-order valence-corrected chi connectivity index (χ2v) is 8.89. The first-order chi connectivity index (χ1) is 16.4. The molecule has 0 saturated carbocycles. The number of hydrazone groups is 1. The highest BCUT2D eigenvalue weighted by atomic mass is 32.2. The van der Waals surface area contributed by atoms with Crippen molar-refractivity contribution in [2.75, 3.05) is 25.1 Å². The molecule has 1 N–H and O–H groups in total. The van der Waals surface area contributed by atoms with E-state index in [1.807, 2.05) is 6.92 Å². The molecule has 1 amide bonds. The number of pyridine rings is 1. The minimum absolute atomic E-state index is 0.0523. The number of methoxy groups -OCH3 is 2. The van der Waals surface area contributed by atoms with Gasteiger partial charge >= 0.3 is 0 Å². The van der Waals surface area contributed by atoms with E-state index in [0.29, 0.717) is 23.6 Å². The van der Waals surface area contributed by atoms with Crippen LogP contribution in [0.15, 0.2) is 82.9 Å². The second kappa shape index (κ2) is 11.3. The van der Waals surface area contributed by atoms with Gasteiger partial charge in [-0.15, -0.1) is 0 Å². The first-order valence-corrected chi connectivity index (χ1v) is 11.9. The van der Waals surface area contributed by atoms with Gasteiger partial charge < -0.3 is 9.47 Å². The van der Waals surface area contributed by atoms with Crippen molar-refractivity contribution in [3.05, 3.63) is 78.5 Å². The molecule has 0 fully saturated rings. The van der Waals surface area contributed by atoms with Gasteiger partial charge in [0.15, 0.2) is 11.5 Å². The molecule has 1 aromatic heterocycles. The van der Waals surface area contributed by atoms with Gasteiger partial charge in [-0.3, -0.25) is 4.79 Å². The predicted molar refractivity (Wildman–Crippen MR) is 130 cm³/mol. The van der Waals surface area contributed by atoms with Crippen LogP contribution in [0.3, 0.4) is 0 Å². The van der Waals surface area contributed by atoms with Crippen LogP contribution in [-0.4, -0.2) is 45.8 Å². The van der Waals surface area contributed by atoms with Gasteiger partial charge in [0.05, 0.1) is 24.8 Å². The summed E-state index contributed by atoms with van der Waals surface area (Å²) in [7, 11) is -0.953. The van der Waals surface area contributed by atoms with Crippen LogP contribution in [0.25, 0.3) is 0 Å². The minimum Gasteiger partial charge on any atom is -0.493 e. The third kappa shape index (κ3) is 5.70. The molecule has 10 heteroatoms. The quantitative estimate of drug-likeness (QED) is 0.351. The Morgan fingerprint density at radius 3 is 2.32 bits per heavy atom. The van der Waals surface area contributed by atoms with Crippen molar-refractivity contribution in [2.45, 2.75) is 18.2 Å². The summed E-state index contributed by atoms with van der Waals surface area (Å²) >= 11 is 0. The fourth-order valence-electron chi connectivity index (χ4n) is 3.17. The molecule has 9 nitrogen and oxygen atoms in total. The van der Waals surface area contributed by atoms with Gasteiger partial charge in [-0.05, 0) is 48.9 Å². The Hall–Kier alpha value is -3.92. The molecular formula is C24H26N4O5S. The largest absolute Gasteiger partial charge is 0.493 e. The maximum absolute atomic E-state index is 13.3. The molecule has 0 spiro atoms. The summed E-state index contributed by atoms with van der Waals surface area (Å²) in [6.07, 6.45) is 1.98. The van der Waals surface area contributed by atoms with Gasteiger partial charge in [0.25, 0.3) is 15.9 Å². The van der Waals surface area contributed by atoms with Gasteiger partial charge in [-0.25, -0.2) is 23.1 Å². The lowest BCUT2D eigenvalue weighted by molar-refractivity contribution is -0.119. The Kier molecular flexibility index (Phi) is 8.20. The molecule has 0 radical (unpaired) electrons. The molecule has 0 atom stereocenters. The summed E-state index contributed by atoms with van der Waals surface area (Å²) in [5.74, 6) is 0.614. The van der Waals surface area contributed by atoms with Crippen LogP contribution in [0, 0.1) is 0 Å². The van der Waals surface area contributed by atoms with E-state index in [1.165, 1.54) is 31.5 Å². The minimum atomic E-state index is -4.03. The molecule has 0 bridgehead atoms. The normalized spacial score (nSPS) is 11.6. The summed E-state index contributed by atoms with van der Waals surface area (Å²) in [6, 6.07) is 18.0. The first-order valence-electron chi connectivity index (χ1n) is 10.5. The number of sulfonamides is 1. The van der Waals surface area contributed by atoms with E-state index in [-0.39, 0.29) is 10.7 Å². The molecule has 178 valence electrons.